The van der Waals surface area contributed by atoms with Crippen molar-refractivity contribution in [1.82, 2.24) is 0 Å². The molecule has 3 rings (SSSR count). The first-order valence-electron chi connectivity index (χ1n) is 16.7. The number of hydrogen-bond donors (Lipinski definition) is 0. The van der Waals surface area contributed by atoms with Gasteiger partial charge in [-0.3, -0.25) is 4.79 Å². The van der Waals surface area contributed by atoms with Crippen molar-refractivity contribution in [1.29, 1.82) is 0 Å². The number of aryl methyl sites for hydroxylation is 2. The lowest BCUT2D eigenvalue weighted by Crippen LogP contribution is -2.07. The Hall–Kier alpha value is -1.67. The molecule has 0 fully saturated rings. The average molecular weight is 549 g/mol. The van der Waals surface area contributed by atoms with Crippen molar-refractivity contribution in [2.24, 2.45) is 0 Å². The first-order chi connectivity index (χ1) is 19.3. The third-order valence-electron chi connectivity index (χ3n) is 8.53. The van der Waals surface area contributed by atoms with Gasteiger partial charge in [-0.15, -0.1) is 11.3 Å². The standard InChI is InChI=1S/C37H56OS/c1-3-5-7-9-11-13-15-17-19-21-25-31-29-30-35-36(37(38)33-27-23-24-28-34(33)39-35)32(31)26-22-20-18-16-14-12-10-8-6-4-2/h23-24,27-30H,3-22,25-26H2,1-2H3. The zero-order valence-electron chi connectivity index (χ0n) is 25.3. The molecule has 216 valence electrons. The van der Waals surface area contributed by atoms with E-state index < -0.39 is 0 Å². The summed E-state index contributed by atoms with van der Waals surface area (Å²) in [6.45, 7) is 4.58. The molecule has 0 atom stereocenters. The van der Waals surface area contributed by atoms with Crippen molar-refractivity contribution < 1.29 is 0 Å². The lowest BCUT2D eigenvalue weighted by molar-refractivity contribution is 0.553. The van der Waals surface area contributed by atoms with Gasteiger partial charge in [0.15, 0.2) is 5.43 Å². The molecule has 2 heteroatoms. The molecule has 0 aliphatic heterocycles. The second-order valence-electron chi connectivity index (χ2n) is 11.9. The van der Waals surface area contributed by atoms with Gasteiger partial charge in [0.25, 0.3) is 0 Å². The molecular weight excluding hydrogens is 492 g/mol. The van der Waals surface area contributed by atoms with Crippen LogP contribution < -0.4 is 5.43 Å². The maximum absolute atomic E-state index is 13.7. The van der Waals surface area contributed by atoms with Crippen LogP contribution in [0, 0.1) is 0 Å². The van der Waals surface area contributed by atoms with Crippen LogP contribution in [0.5, 0.6) is 0 Å². The third-order valence-corrected chi connectivity index (χ3v) is 9.67. The number of fused-ring (bicyclic) bond motifs is 2. The minimum Gasteiger partial charge on any atom is -0.288 e. The van der Waals surface area contributed by atoms with Gasteiger partial charge >= 0.3 is 0 Å². The molecule has 0 saturated carbocycles. The summed E-state index contributed by atoms with van der Waals surface area (Å²) in [5.74, 6) is 0. The van der Waals surface area contributed by atoms with E-state index in [1.54, 1.807) is 11.3 Å². The van der Waals surface area contributed by atoms with E-state index in [0.29, 0.717) is 0 Å². The fraction of sp³-hybridized carbons (Fsp3) is 0.649. The highest BCUT2D eigenvalue weighted by Crippen LogP contribution is 2.30. The van der Waals surface area contributed by atoms with Gasteiger partial charge in [-0.1, -0.05) is 148 Å². The van der Waals surface area contributed by atoms with E-state index in [0.717, 1.165) is 28.3 Å². The van der Waals surface area contributed by atoms with Crippen molar-refractivity contribution in [3.05, 3.63) is 57.7 Å². The third kappa shape index (κ3) is 11.0. The molecule has 0 saturated heterocycles. The Kier molecular flexibility index (Phi) is 15.9. The van der Waals surface area contributed by atoms with Crippen molar-refractivity contribution in [3.63, 3.8) is 0 Å². The van der Waals surface area contributed by atoms with Crippen LogP contribution in [0.15, 0.2) is 41.2 Å². The summed E-state index contributed by atoms with van der Waals surface area (Å²) in [5.41, 5.74) is 3.07. The molecule has 0 aliphatic carbocycles. The van der Waals surface area contributed by atoms with Crippen LogP contribution in [0.1, 0.15) is 153 Å². The maximum Gasteiger partial charge on any atom is 0.196 e. The van der Waals surface area contributed by atoms with Gasteiger partial charge in [0.2, 0.25) is 0 Å². The molecule has 0 radical (unpaired) electrons. The normalized spacial score (nSPS) is 11.6. The molecule has 0 N–H and O–H groups in total. The summed E-state index contributed by atoms with van der Waals surface area (Å²) >= 11 is 1.79. The van der Waals surface area contributed by atoms with Gasteiger partial charge in [-0.25, -0.2) is 0 Å². The molecule has 1 nitrogen and oxygen atoms in total. The molecule has 1 heterocycles. The molecule has 3 aromatic rings. The number of benzene rings is 2. The second kappa shape index (κ2) is 19.4. The molecule has 1 aromatic heterocycles. The van der Waals surface area contributed by atoms with Crippen molar-refractivity contribution in [2.45, 2.75) is 155 Å². The van der Waals surface area contributed by atoms with E-state index in [1.165, 1.54) is 144 Å². The molecule has 39 heavy (non-hydrogen) atoms. The Labute approximate surface area is 243 Å². The fourth-order valence-corrected chi connectivity index (χ4v) is 7.22. The lowest BCUT2D eigenvalue weighted by Gasteiger charge is -2.14. The van der Waals surface area contributed by atoms with Crippen LogP contribution in [0.2, 0.25) is 0 Å². The Morgan fingerprint density at radius 2 is 1.00 bits per heavy atom. The largest absolute Gasteiger partial charge is 0.288 e. The summed E-state index contributed by atoms with van der Waals surface area (Å²) in [4.78, 5) is 13.7. The van der Waals surface area contributed by atoms with Crippen LogP contribution in [-0.4, -0.2) is 0 Å². The summed E-state index contributed by atoms with van der Waals surface area (Å²) in [5, 5.41) is 1.93. The molecule has 0 bridgehead atoms. The Balaban J connectivity index is 1.56. The van der Waals surface area contributed by atoms with Gasteiger partial charge in [0.1, 0.15) is 0 Å². The average Bonchev–Trinajstić information content (AvgIpc) is 2.95. The van der Waals surface area contributed by atoms with Gasteiger partial charge in [-0.05, 0) is 55.0 Å². The Morgan fingerprint density at radius 3 is 1.56 bits per heavy atom. The minimum atomic E-state index is 0.256. The van der Waals surface area contributed by atoms with Gasteiger partial charge in [0.05, 0.1) is 0 Å². The molecule has 0 aliphatic rings. The minimum absolute atomic E-state index is 0.256. The summed E-state index contributed by atoms with van der Waals surface area (Å²) < 4.78 is 2.29. The topological polar surface area (TPSA) is 17.1 Å². The van der Waals surface area contributed by atoms with E-state index in [2.05, 4.69) is 38.1 Å². The smallest absolute Gasteiger partial charge is 0.196 e. The van der Waals surface area contributed by atoms with Crippen LogP contribution in [0.3, 0.4) is 0 Å². The highest BCUT2D eigenvalue weighted by Gasteiger charge is 2.14. The SMILES string of the molecule is CCCCCCCCCCCCc1ccc2sc3ccccc3c(=O)c2c1CCCCCCCCCCCC. The van der Waals surface area contributed by atoms with Gasteiger partial charge < -0.3 is 0 Å². The molecule has 2 aromatic carbocycles. The zero-order valence-corrected chi connectivity index (χ0v) is 26.2. The predicted molar refractivity (Wildman–Crippen MR) is 177 cm³/mol. The van der Waals surface area contributed by atoms with E-state index in [4.69, 9.17) is 0 Å². The molecule has 0 spiro atoms. The predicted octanol–water partition coefficient (Wildman–Crippen LogP) is 12.3. The van der Waals surface area contributed by atoms with Gasteiger partial charge in [-0.2, -0.15) is 0 Å². The zero-order chi connectivity index (χ0) is 27.5. The van der Waals surface area contributed by atoms with Crippen molar-refractivity contribution >= 4 is 31.5 Å². The quantitative estimate of drug-likeness (QED) is 0.0901. The lowest BCUT2D eigenvalue weighted by atomic mass is 9.93. The van der Waals surface area contributed by atoms with Crippen molar-refractivity contribution in [3.8, 4) is 0 Å². The monoisotopic (exact) mass is 548 g/mol. The Morgan fingerprint density at radius 1 is 0.513 bits per heavy atom. The number of hydrogen-bond acceptors (Lipinski definition) is 2. The van der Waals surface area contributed by atoms with Crippen LogP contribution in [0.4, 0.5) is 0 Å². The van der Waals surface area contributed by atoms with Crippen LogP contribution in [0.25, 0.3) is 20.2 Å². The molecule has 0 unspecified atom stereocenters. The highest BCUT2D eigenvalue weighted by molar-refractivity contribution is 7.24. The van der Waals surface area contributed by atoms with E-state index in [-0.39, 0.29) is 5.43 Å². The second-order valence-corrected chi connectivity index (χ2v) is 13.0. The fourth-order valence-electron chi connectivity index (χ4n) is 6.11. The van der Waals surface area contributed by atoms with Crippen LogP contribution >= 0.6 is 11.3 Å². The number of unbranched alkanes of at least 4 members (excludes halogenated alkanes) is 18. The molecule has 0 amide bonds. The highest BCUT2D eigenvalue weighted by atomic mass is 32.1. The van der Waals surface area contributed by atoms with E-state index >= 15 is 0 Å². The van der Waals surface area contributed by atoms with E-state index in [9.17, 15) is 4.79 Å². The first-order valence-corrected chi connectivity index (χ1v) is 17.5. The van der Waals surface area contributed by atoms with Gasteiger partial charge in [0, 0.05) is 20.2 Å². The summed E-state index contributed by atoms with van der Waals surface area (Å²) in [6.07, 6.45) is 29.4. The summed E-state index contributed by atoms with van der Waals surface area (Å²) in [7, 11) is 0. The van der Waals surface area contributed by atoms with Crippen molar-refractivity contribution in [2.75, 3.05) is 0 Å². The first kappa shape index (κ1) is 31.9. The van der Waals surface area contributed by atoms with E-state index in [1.807, 2.05) is 12.1 Å². The summed E-state index contributed by atoms with van der Waals surface area (Å²) in [6, 6.07) is 12.8. The van der Waals surface area contributed by atoms with Crippen LogP contribution in [-0.2, 0) is 12.8 Å². The maximum atomic E-state index is 13.7. The number of rotatable bonds is 22. The Bertz CT molecular complexity index is 1130. The molecular formula is C37H56OS.